The average Bonchev–Trinajstić information content (AvgIpc) is 2.01. The summed E-state index contributed by atoms with van der Waals surface area (Å²) >= 11 is 4.57. The van der Waals surface area contributed by atoms with E-state index in [1.165, 1.54) is 12.1 Å². The smallest absolute Gasteiger partial charge is 0.335 e. The molecule has 0 aliphatic rings. The lowest BCUT2D eigenvalue weighted by Crippen LogP contribution is -2.19. The number of thiocarbonyl (C=S) groups is 1. The van der Waals surface area contributed by atoms with Crippen LogP contribution in [0.1, 0.15) is 10.4 Å². The number of nitrogens with one attached hydrogen (secondary N) is 1. The maximum Gasteiger partial charge on any atom is 0.335 e. The normalized spacial score (nSPS) is 9.43. The fourth-order valence-electron chi connectivity index (χ4n) is 0.949. The number of rotatable bonds is 2. The molecule has 6 heteroatoms. The van der Waals surface area contributed by atoms with Gasteiger partial charge in [-0.15, -0.1) is 0 Å². The minimum atomic E-state index is -1.13. The average molecular weight is 212 g/mol. The molecule has 14 heavy (non-hydrogen) atoms. The fourth-order valence-corrected chi connectivity index (χ4v) is 1.07. The van der Waals surface area contributed by atoms with Gasteiger partial charge < -0.3 is 21.3 Å². The summed E-state index contributed by atoms with van der Waals surface area (Å²) in [7, 11) is 0. The zero-order valence-corrected chi connectivity index (χ0v) is 7.84. The number of hydrogen-bond acceptors (Lipinski definition) is 3. The largest absolute Gasteiger partial charge is 0.508 e. The van der Waals surface area contributed by atoms with Crippen LogP contribution in [0.3, 0.4) is 0 Å². The highest BCUT2D eigenvalue weighted by atomic mass is 32.1. The Balaban J connectivity index is 3.07. The van der Waals surface area contributed by atoms with Crippen molar-refractivity contribution in [2.45, 2.75) is 0 Å². The van der Waals surface area contributed by atoms with Gasteiger partial charge in [-0.25, -0.2) is 4.79 Å². The van der Waals surface area contributed by atoms with Gasteiger partial charge in [0.2, 0.25) is 0 Å². The first-order valence-corrected chi connectivity index (χ1v) is 4.03. The fraction of sp³-hybridized carbons (Fsp3) is 0. The van der Waals surface area contributed by atoms with Crippen LogP contribution in [0.25, 0.3) is 0 Å². The molecule has 1 rings (SSSR count). The number of carboxylic acid groups (broad SMARTS) is 1. The molecule has 1 aromatic carbocycles. The molecule has 0 aliphatic carbocycles. The first-order valence-electron chi connectivity index (χ1n) is 3.63. The molecule has 0 saturated heterocycles. The Kier molecular flexibility index (Phi) is 2.88. The molecule has 0 aliphatic heterocycles. The number of carbonyl (C=O) groups is 1. The Morgan fingerprint density at radius 2 is 2.07 bits per heavy atom. The predicted octanol–water partition coefficient (Wildman–Crippen LogP) is 0.746. The second-order valence-corrected chi connectivity index (χ2v) is 3.00. The summed E-state index contributed by atoms with van der Waals surface area (Å²) in [5.74, 6) is -1.30. The minimum absolute atomic E-state index is 0.00642. The summed E-state index contributed by atoms with van der Waals surface area (Å²) in [5.41, 5.74) is 5.50. The molecular weight excluding hydrogens is 204 g/mol. The van der Waals surface area contributed by atoms with Gasteiger partial charge in [-0.3, -0.25) is 0 Å². The highest BCUT2D eigenvalue weighted by Gasteiger charge is 2.06. The van der Waals surface area contributed by atoms with Gasteiger partial charge in [0.25, 0.3) is 0 Å². The predicted molar refractivity (Wildman–Crippen MR) is 55.5 cm³/mol. The summed E-state index contributed by atoms with van der Waals surface area (Å²) < 4.78 is 0. The molecule has 0 atom stereocenters. The van der Waals surface area contributed by atoms with E-state index in [2.05, 4.69) is 17.5 Å². The van der Waals surface area contributed by atoms with E-state index in [0.717, 1.165) is 6.07 Å². The molecule has 5 N–H and O–H groups in total. The Morgan fingerprint density at radius 1 is 1.43 bits per heavy atom. The van der Waals surface area contributed by atoms with Crippen LogP contribution >= 0.6 is 12.2 Å². The van der Waals surface area contributed by atoms with Gasteiger partial charge in [-0.1, -0.05) is 0 Å². The molecular formula is C8H8N2O3S. The summed E-state index contributed by atoms with van der Waals surface area (Å²) in [6.07, 6.45) is 0. The van der Waals surface area contributed by atoms with Crippen LogP contribution in [-0.2, 0) is 0 Å². The molecule has 0 heterocycles. The molecule has 0 aromatic heterocycles. The number of carboxylic acids is 1. The van der Waals surface area contributed by atoms with Gasteiger partial charge in [0.1, 0.15) is 5.75 Å². The molecule has 0 spiro atoms. The molecule has 5 nitrogen and oxygen atoms in total. The number of nitrogens with two attached hydrogens (primary N) is 1. The number of hydrogen-bond donors (Lipinski definition) is 4. The SMILES string of the molecule is NC(=S)Nc1cc(O)cc(C(=O)O)c1. The van der Waals surface area contributed by atoms with Crippen molar-refractivity contribution < 1.29 is 15.0 Å². The number of aromatic hydroxyl groups is 1. The molecule has 74 valence electrons. The highest BCUT2D eigenvalue weighted by molar-refractivity contribution is 7.80. The summed E-state index contributed by atoms with van der Waals surface area (Å²) in [4.78, 5) is 10.6. The van der Waals surface area contributed by atoms with Crippen molar-refractivity contribution in [3.63, 3.8) is 0 Å². The molecule has 0 unspecified atom stereocenters. The first-order chi connectivity index (χ1) is 6.49. The lowest BCUT2D eigenvalue weighted by atomic mass is 10.2. The third-order valence-corrected chi connectivity index (χ3v) is 1.53. The van der Waals surface area contributed by atoms with E-state index in [4.69, 9.17) is 15.9 Å². The van der Waals surface area contributed by atoms with E-state index in [-0.39, 0.29) is 16.4 Å². The molecule has 0 saturated carbocycles. The van der Waals surface area contributed by atoms with E-state index in [1.807, 2.05) is 0 Å². The van der Waals surface area contributed by atoms with Gasteiger partial charge in [0.05, 0.1) is 5.56 Å². The van der Waals surface area contributed by atoms with Crippen molar-refractivity contribution in [1.82, 2.24) is 0 Å². The van der Waals surface area contributed by atoms with Crippen molar-refractivity contribution in [3.8, 4) is 5.75 Å². The third kappa shape index (κ3) is 2.60. The maximum atomic E-state index is 10.6. The van der Waals surface area contributed by atoms with Crippen molar-refractivity contribution in [2.75, 3.05) is 5.32 Å². The van der Waals surface area contributed by atoms with Crippen LogP contribution in [0.5, 0.6) is 5.75 Å². The van der Waals surface area contributed by atoms with E-state index >= 15 is 0 Å². The van der Waals surface area contributed by atoms with E-state index in [0.29, 0.717) is 5.69 Å². The Bertz CT molecular complexity index is 392. The lowest BCUT2D eigenvalue weighted by molar-refractivity contribution is 0.0696. The van der Waals surface area contributed by atoms with Crippen LogP contribution in [0.2, 0.25) is 0 Å². The Labute approximate surface area is 85.2 Å². The van der Waals surface area contributed by atoms with Crippen molar-refractivity contribution in [3.05, 3.63) is 23.8 Å². The Hall–Kier alpha value is -1.82. The van der Waals surface area contributed by atoms with Gasteiger partial charge >= 0.3 is 5.97 Å². The molecule has 0 fully saturated rings. The highest BCUT2D eigenvalue weighted by Crippen LogP contribution is 2.19. The topological polar surface area (TPSA) is 95.6 Å². The quantitative estimate of drug-likeness (QED) is 0.540. The van der Waals surface area contributed by atoms with Crippen LogP contribution in [0.4, 0.5) is 5.69 Å². The van der Waals surface area contributed by atoms with E-state index in [1.54, 1.807) is 0 Å². The van der Waals surface area contributed by atoms with Crippen LogP contribution in [0.15, 0.2) is 18.2 Å². The third-order valence-electron chi connectivity index (χ3n) is 1.43. The second kappa shape index (κ2) is 3.93. The van der Waals surface area contributed by atoms with Crippen molar-refractivity contribution in [1.29, 1.82) is 0 Å². The first kappa shape index (κ1) is 10.3. The van der Waals surface area contributed by atoms with Crippen LogP contribution < -0.4 is 11.1 Å². The second-order valence-electron chi connectivity index (χ2n) is 2.56. The van der Waals surface area contributed by atoms with E-state index < -0.39 is 5.97 Å². The molecule has 1 aromatic rings. The van der Waals surface area contributed by atoms with Gasteiger partial charge in [0, 0.05) is 11.8 Å². The molecule has 0 bridgehead atoms. The number of aromatic carboxylic acids is 1. The molecule has 0 radical (unpaired) electrons. The van der Waals surface area contributed by atoms with Gasteiger partial charge in [-0.2, -0.15) is 0 Å². The Morgan fingerprint density at radius 3 is 2.57 bits per heavy atom. The number of benzene rings is 1. The zero-order valence-electron chi connectivity index (χ0n) is 7.02. The monoisotopic (exact) mass is 212 g/mol. The minimum Gasteiger partial charge on any atom is -0.508 e. The zero-order chi connectivity index (χ0) is 10.7. The standard InChI is InChI=1S/C8H8N2O3S/c9-8(14)10-5-1-4(7(12)13)2-6(11)3-5/h1-3,11H,(H,12,13)(H3,9,10,14). The van der Waals surface area contributed by atoms with Gasteiger partial charge in [0.15, 0.2) is 5.11 Å². The summed E-state index contributed by atoms with van der Waals surface area (Å²) in [5, 5.41) is 20.4. The summed E-state index contributed by atoms with van der Waals surface area (Å²) in [6.45, 7) is 0. The summed E-state index contributed by atoms with van der Waals surface area (Å²) in [6, 6.07) is 3.78. The number of phenolic OH excluding ortho intramolecular Hbond substituents is 1. The number of anilines is 1. The van der Waals surface area contributed by atoms with Crippen LogP contribution in [-0.4, -0.2) is 21.3 Å². The van der Waals surface area contributed by atoms with Crippen LogP contribution in [0, 0.1) is 0 Å². The lowest BCUT2D eigenvalue weighted by Gasteiger charge is -2.05. The van der Waals surface area contributed by atoms with E-state index in [9.17, 15) is 4.79 Å². The number of phenols is 1. The molecule has 0 amide bonds. The van der Waals surface area contributed by atoms with Crippen molar-refractivity contribution >= 4 is 29.0 Å². The van der Waals surface area contributed by atoms with Gasteiger partial charge in [-0.05, 0) is 24.4 Å². The maximum absolute atomic E-state index is 10.6. The van der Waals surface area contributed by atoms with Crippen molar-refractivity contribution in [2.24, 2.45) is 5.73 Å².